The highest BCUT2D eigenvalue weighted by molar-refractivity contribution is 5.99. The van der Waals surface area contributed by atoms with Crippen LogP contribution in [0.3, 0.4) is 0 Å². The van der Waals surface area contributed by atoms with Crippen LogP contribution < -0.4 is 5.43 Å². The number of hydrazone groups is 1. The summed E-state index contributed by atoms with van der Waals surface area (Å²) in [4.78, 5) is 10.8. The summed E-state index contributed by atoms with van der Waals surface area (Å²) in [5, 5.41) is 15.4. The molecule has 0 heterocycles. The molecule has 0 aromatic heterocycles. The van der Waals surface area contributed by atoms with E-state index in [1.807, 2.05) is 24.3 Å². The monoisotopic (exact) mass is 290 g/mol. The Hall–Kier alpha value is -3.14. The van der Waals surface area contributed by atoms with E-state index in [-0.39, 0.29) is 5.56 Å². The van der Waals surface area contributed by atoms with Crippen LogP contribution in [0.1, 0.15) is 15.9 Å². The number of hydrogen-bond acceptors (Lipinski definition) is 3. The van der Waals surface area contributed by atoms with Crippen LogP contribution in [-0.2, 0) is 0 Å². The molecular weight excluding hydrogens is 276 g/mol. The number of carbonyl (C=O) groups is 1. The maximum atomic E-state index is 10.8. The van der Waals surface area contributed by atoms with Gasteiger partial charge in [-0.05, 0) is 35.0 Å². The number of nitrogens with one attached hydrogen (secondary N) is 1. The molecule has 0 radical (unpaired) electrons. The predicted octanol–water partition coefficient (Wildman–Crippen LogP) is 3.98. The second kappa shape index (κ2) is 6.10. The van der Waals surface area contributed by atoms with Crippen molar-refractivity contribution in [3.8, 4) is 0 Å². The number of fused-ring (bicyclic) bond motifs is 1. The first-order valence-corrected chi connectivity index (χ1v) is 6.84. The third kappa shape index (κ3) is 2.96. The van der Waals surface area contributed by atoms with E-state index in [1.165, 1.54) is 12.1 Å². The van der Waals surface area contributed by atoms with Gasteiger partial charge in [0.2, 0.25) is 0 Å². The first-order chi connectivity index (χ1) is 10.7. The lowest BCUT2D eigenvalue weighted by Crippen LogP contribution is -1.96. The van der Waals surface area contributed by atoms with Crippen molar-refractivity contribution in [2.45, 2.75) is 0 Å². The van der Waals surface area contributed by atoms with Crippen molar-refractivity contribution in [3.63, 3.8) is 0 Å². The molecule has 0 spiro atoms. The van der Waals surface area contributed by atoms with Gasteiger partial charge in [-0.2, -0.15) is 5.10 Å². The summed E-state index contributed by atoms with van der Waals surface area (Å²) in [6.45, 7) is 0. The molecule has 3 aromatic carbocycles. The first kappa shape index (κ1) is 13.8. The Labute approximate surface area is 127 Å². The molecule has 4 nitrogen and oxygen atoms in total. The van der Waals surface area contributed by atoms with Crippen LogP contribution in [0.5, 0.6) is 0 Å². The van der Waals surface area contributed by atoms with E-state index in [4.69, 9.17) is 5.11 Å². The van der Waals surface area contributed by atoms with Gasteiger partial charge in [-0.3, -0.25) is 5.43 Å². The number of benzene rings is 3. The quantitative estimate of drug-likeness (QED) is 0.564. The average Bonchev–Trinajstić information content (AvgIpc) is 2.55. The molecule has 0 saturated heterocycles. The molecule has 3 aromatic rings. The second-order valence-electron chi connectivity index (χ2n) is 4.82. The lowest BCUT2D eigenvalue weighted by molar-refractivity contribution is 0.0697. The smallest absolute Gasteiger partial charge is 0.335 e. The number of carboxylic acids is 1. The molecule has 0 bridgehead atoms. The molecule has 0 saturated carbocycles. The summed E-state index contributed by atoms with van der Waals surface area (Å²) in [6.07, 6.45) is 1.76. The van der Waals surface area contributed by atoms with Gasteiger partial charge >= 0.3 is 5.97 Å². The average molecular weight is 290 g/mol. The molecule has 3 rings (SSSR count). The van der Waals surface area contributed by atoms with Crippen LogP contribution in [0.4, 0.5) is 5.69 Å². The van der Waals surface area contributed by atoms with Gasteiger partial charge in [-0.1, -0.05) is 42.5 Å². The third-order valence-corrected chi connectivity index (χ3v) is 3.35. The SMILES string of the molecule is O=C(O)c1ccc(N/N=C/c2cccc3ccccc23)cc1. The number of carboxylic acid groups (broad SMARTS) is 1. The number of hydrogen-bond donors (Lipinski definition) is 2. The van der Waals surface area contributed by atoms with Crippen LogP contribution in [0.2, 0.25) is 0 Å². The van der Waals surface area contributed by atoms with E-state index in [0.29, 0.717) is 0 Å². The summed E-state index contributed by atoms with van der Waals surface area (Å²) < 4.78 is 0. The van der Waals surface area contributed by atoms with Crippen molar-refractivity contribution < 1.29 is 9.90 Å². The van der Waals surface area contributed by atoms with Crippen LogP contribution >= 0.6 is 0 Å². The van der Waals surface area contributed by atoms with E-state index in [1.54, 1.807) is 18.3 Å². The highest BCUT2D eigenvalue weighted by atomic mass is 16.4. The zero-order valence-electron chi connectivity index (χ0n) is 11.7. The fourth-order valence-corrected chi connectivity index (χ4v) is 2.23. The van der Waals surface area contributed by atoms with E-state index < -0.39 is 5.97 Å². The lowest BCUT2D eigenvalue weighted by Gasteiger charge is -2.03. The van der Waals surface area contributed by atoms with Gasteiger partial charge in [-0.25, -0.2) is 4.79 Å². The molecule has 4 heteroatoms. The van der Waals surface area contributed by atoms with Gasteiger partial charge in [0.1, 0.15) is 0 Å². The molecule has 0 aliphatic carbocycles. The van der Waals surface area contributed by atoms with Crippen molar-refractivity contribution in [3.05, 3.63) is 77.9 Å². The Morgan fingerprint density at radius 1 is 0.955 bits per heavy atom. The molecule has 0 fully saturated rings. The molecule has 0 amide bonds. The maximum Gasteiger partial charge on any atom is 0.335 e. The molecule has 0 aliphatic heterocycles. The number of nitrogens with zero attached hydrogens (tertiary/aromatic N) is 1. The van der Waals surface area contributed by atoms with Gasteiger partial charge in [0.15, 0.2) is 0 Å². The van der Waals surface area contributed by atoms with Gasteiger partial charge < -0.3 is 5.11 Å². The summed E-state index contributed by atoms with van der Waals surface area (Å²) in [6, 6.07) is 20.6. The Morgan fingerprint density at radius 3 is 2.45 bits per heavy atom. The summed E-state index contributed by atoms with van der Waals surface area (Å²) >= 11 is 0. The predicted molar refractivity (Wildman–Crippen MR) is 88.6 cm³/mol. The summed E-state index contributed by atoms with van der Waals surface area (Å²) in [5.74, 6) is -0.939. The van der Waals surface area contributed by atoms with Crippen molar-refractivity contribution in [2.75, 3.05) is 5.43 Å². The minimum atomic E-state index is -0.939. The third-order valence-electron chi connectivity index (χ3n) is 3.35. The molecule has 0 aliphatic rings. The van der Waals surface area contributed by atoms with E-state index in [9.17, 15) is 4.79 Å². The van der Waals surface area contributed by atoms with Crippen molar-refractivity contribution in [1.82, 2.24) is 0 Å². The van der Waals surface area contributed by atoms with E-state index in [2.05, 4.69) is 28.7 Å². The first-order valence-electron chi connectivity index (χ1n) is 6.84. The van der Waals surface area contributed by atoms with Crippen molar-refractivity contribution in [2.24, 2.45) is 5.10 Å². The molecular formula is C18H14N2O2. The number of aromatic carboxylic acids is 1. The summed E-state index contributed by atoms with van der Waals surface area (Å²) in [7, 11) is 0. The van der Waals surface area contributed by atoms with Crippen molar-refractivity contribution in [1.29, 1.82) is 0 Å². The van der Waals surface area contributed by atoms with Crippen LogP contribution in [0, 0.1) is 0 Å². The molecule has 2 N–H and O–H groups in total. The van der Waals surface area contributed by atoms with Crippen LogP contribution in [0.15, 0.2) is 71.8 Å². The highest BCUT2D eigenvalue weighted by Gasteiger charge is 2.01. The van der Waals surface area contributed by atoms with E-state index in [0.717, 1.165) is 22.0 Å². The Balaban J connectivity index is 1.77. The van der Waals surface area contributed by atoms with Gasteiger partial charge in [0.25, 0.3) is 0 Å². The van der Waals surface area contributed by atoms with E-state index >= 15 is 0 Å². The molecule has 22 heavy (non-hydrogen) atoms. The fraction of sp³-hybridized carbons (Fsp3) is 0. The Kier molecular flexibility index (Phi) is 3.83. The second-order valence-corrected chi connectivity index (χ2v) is 4.82. The maximum absolute atomic E-state index is 10.8. The Bertz CT molecular complexity index is 834. The van der Waals surface area contributed by atoms with Gasteiger partial charge in [-0.15, -0.1) is 0 Å². The van der Waals surface area contributed by atoms with Crippen LogP contribution in [-0.4, -0.2) is 17.3 Å². The minimum absolute atomic E-state index is 0.253. The normalized spacial score (nSPS) is 10.9. The Morgan fingerprint density at radius 2 is 1.68 bits per heavy atom. The zero-order chi connectivity index (χ0) is 15.4. The minimum Gasteiger partial charge on any atom is -0.478 e. The highest BCUT2D eigenvalue weighted by Crippen LogP contribution is 2.17. The summed E-state index contributed by atoms with van der Waals surface area (Å²) in [5.41, 5.74) is 4.91. The number of rotatable bonds is 4. The van der Waals surface area contributed by atoms with Gasteiger partial charge in [0, 0.05) is 5.56 Å². The standard InChI is InChI=1S/C18H14N2O2/c21-18(22)14-8-10-16(11-9-14)20-19-12-15-6-3-5-13-4-1-2-7-17(13)15/h1-12,20H,(H,21,22)/b19-12+. The fourth-order valence-electron chi connectivity index (χ4n) is 2.23. The molecule has 108 valence electrons. The molecule has 0 atom stereocenters. The lowest BCUT2D eigenvalue weighted by atomic mass is 10.1. The number of anilines is 1. The largest absolute Gasteiger partial charge is 0.478 e. The zero-order valence-corrected chi connectivity index (χ0v) is 11.7. The molecule has 0 unspecified atom stereocenters. The topological polar surface area (TPSA) is 61.7 Å². The van der Waals surface area contributed by atoms with Crippen LogP contribution in [0.25, 0.3) is 10.8 Å². The van der Waals surface area contributed by atoms with Crippen molar-refractivity contribution >= 4 is 28.6 Å². The van der Waals surface area contributed by atoms with Gasteiger partial charge in [0.05, 0.1) is 17.5 Å².